The van der Waals surface area contributed by atoms with E-state index in [1.165, 1.54) is 12.1 Å². The van der Waals surface area contributed by atoms with E-state index in [0.717, 1.165) is 5.56 Å². The van der Waals surface area contributed by atoms with Gasteiger partial charge in [0.05, 0.1) is 6.04 Å². The molecule has 92 valence electrons. The van der Waals surface area contributed by atoms with Crippen molar-refractivity contribution in [2.45, 2.75) is 18.9 Å². The molecule has 0 spiro atoms. The van der Waals surface area contributed by atoms with Crippen molar-refractivity contribution in [1.29, 1.82) is 0 Å². The van der Waals surface area contributed by atoms with E-state index in [0.29, 0.717) is 24.6 Å². The number of nitrogens with zero attached hydrogens (tertiary/aromatic N) is 2. The molecule has 2 aromatic rings. The van der Waals surface area contributed by atoms with Crippen LogP contribution in [0.5, 0.6) is 0 Å². The summed E-state index contributed by atoms with van der Waals surface area (Å²) < 4.78 is 18.0. The molecule has 0 saturated heterocycles. The molecule has 1 aromatic carbocycles. The Bertz CT molecular complexity index is 574. The molecule has 0 aliphatic rings. The van der Waals surface area contributed by atoms with Gasteiger partial charge in [-0.15, -0.1) is 12.3 Å². The zero-order chi connectivity index (χ0) is 13.0. The summed E-state index contributed by atoms with van der Waals surface area (Å²) in [6.07, 6.45) is 5.88. The molecule has 5 heteroatoms. The lowest BCUT2D eigenvalue weighted by Gasteiger charge is -1.99. The molecule has 2 rings (SSSR count). The molecule has 4 nitrogen and oxygen atoms in total. The quantitative estimate of drug-likeness (QED) is 0.834. The van der Waals surface area contributed by atoms with E-state index in [1.807, 2.05) is 0 Å². The van der Waals surface area contributed by atoms with Crippen LogP contribution in [0.15, 0.2) is 28.8 Å². The smallest absolute Gasteiger partial charge is 0.244 e. The van der Waals surface area contributed by atoms with E-state index in [2.05, 4.69) is 16.1 Å². The Morgan fingerprint density at radius 3 is 3.06 bits per heavy atom. The Hall–Kier alpha value is -2.19. The van der Waals surface area contributed by atoms with Crippen LogP contribution >= 0.6 is 0 Å². The van der Waals surface area contributed by atoms with Gasteiger partial charge in [0, 0.05) is 12.8 Å². The first-order valence-corrected chi connectivity index (χ1v) is 5.45. The summed E-state index contributed by atoms with van der Waals surface area (Å²) in [5.74, 6) is 2.90. The highest BCUT2D eigenvalue weighted by Crippen LogP contribution is 2.13. The van der Waals surface area contributed by atoms with E-state index in [-0.39, 0.29) is 5.82 Å². The topological polar surface area (TPSA) is 64.9 Å². The fraction of sp³-hybridized carbons (Fsp3) is 0.231. The minimum Gasteiger partial charge on any atom is -0.338 e. The van der Waals surface area contributed by atoms with Crippen LogP contribution in [0.25, 0.3) is 0 Å². The Balaban J connectivity index is 2.09. The zero-order valence-electron chi connectivity index (χ0n) is 9.64. The van der Waals surface area contributed by atoms with E-state index in [4.69, 9.17) is 16.7 Å². The Labute approximate surface area is 104 Å². The molecule has 0 fully saturated rings. The van der Waals surface area contributed by atoms with E-state index in [1.54, 1.807) is 12.1 Å². The molecule has 0 saturated carbocycles. The second-order valence-corrected chi connectivity index (χ2v) is 3.87. The van der Waals surface area contributed by atoms with Gasteiger partial charge in [0.1, 0.15) is 5.82 Å². The molecule has 0 aliphatic heterocycles. The minimum atomic E-state index is -0.455. The van der Waals surface area contributed by atoms with Crippen LogP contribution in [0.3, 0.4) is 0 Å². The van der Waals surface area contributed by atoms with Crippen LogP contribution in [0.1, 0.15) is 29.7 Å². The van der Waals surface area contributed by atoms with Crippen molar-refractivity contribution >= 4 is 0 Å². The van der Waals surface area contributed by atoms with Crippen LogP contribution in [0.2, 0.25) is 0 Å². The lowest BCUT2D eigenvalue weighted by molar-refractivity contribution is 0.353. The zero-order valence-corrected chi connectivity index (χ0v) is 9.64. The summed E-state index contributed by atoms with van der Waals surface area (Å²) >= 11 is 0. The molecular weight excluding hydrogens is 233 g/mol. The Morgan fingerprint density at radius 2 is 2.33 bits per heavy atom. The van der Waals surface area contributed by atoms with Gasteiger partial charge in [0.25, 0.3) is 0 Å². The number of rotatable bonds is 4. The summed E-state index contributed by atoms with van der Waals surface area (Å²) in [6.45, 7) is 0. The summed E-state index contributed by atoms with van der Waals surface area (Å²) in [5.41, 5.74) is 6.51. The van der Waals surface area contributed by atoms with E-state index >= 15 is 0 Å². The largest absolute Gasteiger partial charge is 0.338 e. The molecule has 1 atom stereocenters. The molecule has 1 unspecified atom stereocenters. The summed E-state index contributed by atoms with van der Waals surface area (Å²) in [6, 6.07) is 5.78. The first kappa shape index (κ1) is 12.3. The van der Waals surface area contributed by atoms with Crippen LogP contribution in [0.4, 0.5) is 4.39 Å². The molecule has 18 heavy (non-hydrogen) atoms. The third-order valence-corrected chi connectivity index (χ3v) is 2.39. The molecule has 0 amide bonds. The molecule has 0 radical (unpaired) electrons. The molecule has 1 aromatic heterocycles. The predicted octanol–water partition coefficient (Wildman–Crippen LogP) is 1.82. The second kappa shape index (κ2) is 5.43. The minimum absolute atomic E-state index is 0.291. The molecular formula is C13H12FN3O. The summed E-state index contributed by atoms with van der Waals surface area (Å²) in [7, 11) is 0. The summed E-state index contributed by atoms with van der Waals surface area (Å²) in [5, 5.41) is 3.79. The Kier molecular flexibility index (Phi) is 3.70. The van der Waals surface area contributed by atoms with Gasteiger partial charge in [-0.3, -0.25) is 0 Å². The number of halogens is 1. The number of hydrogen-bond donors (Lipinski definition) is 1. The first-order valence-electron chi connectivity index (χ1n) is 5.45. The highest BCUT2D eigenvalue weighted by molar-refractivity contribution is 5.19. The SMILES string of the molecule is C#CCC(N)c1nc(Cc2cccc(F)c2)no1. The van der Waals surface area contributed by atoms with Gasteiger partial charge in [-0.25, -0.2) is 4.39 Å². The van der Waals surface area contributed by atoms with Crippen LogP contribution in [-0.4, -0.2) is 10.1 Å². The van der Waals surface area contributed by atoms with E-state index in [9.17, 15) is 4.39 Å². The average molecular weight is 245 g/mol. The molecule has 2 N–H and O–H groups in total. The Morgan fingerprint density at radius 1 is 1.50 bits per heavy atom. The normalized spacial score (nSPS) is 12.1. The van der Waals surface area contributed by atoms with Gasteiger partial charge in [-0.2, -0.15) is 4.98 Å². The molecule has 1 heterocycles. The predicted molar refractivity (Wildman–Crippen MR) is 63.9 cm³/mol. The maximum Gasteiger partial charge on any atom is 0.244 e. The van der Waals surface area contributed by atoms with Crippen molar-refractivity contribution in [3.8, 4) is 12.3 Å². The third kappa shape index (κ3) is 2.93. The van der Waals surface area contributed by atoms with Gasteiger partial charge in [-0.1, -0.05) is 17.3 Å². The van der Waals surface area contributed by atoms with Crippen molar-refractivity contribution in [2.75, 3.05) is 0 Å². The average Bonchev–Trinajstić information content (AvgIpc) is 2.78. The van der Waals surface area contributed by atoms with Crippen molar-refractivity contribution in [2.24, 2.45) is 5.73 Å². The summed E-state index contributed by atoms with van der Waals surface area (Å²) in [4.78, 5) is 4.13. The fourth-order valence-corrected chi connectivity index (χ4v) is 1.53. The number of nitrogens with two attached hydrogens (primary N) is 1. The van der Waals surface area contributed by atoms with Gasteiger partial charge >= 0.3 is 0 Å². The number of aromatic nitrogens is 2. The molecule has 0 bridgehead atoms. The van der Waals surface area contributed by atoms with Crippen molar-refractivity contribution < 1.29 is 8.91 Å². The van der Waals surface area contributed by atoms with Crippen LogP contribution in [-0.2, 0) is 6.42 Å². The monoisotopic (exact) mass is 245 g/mol. The highest BCUT2D eigenvalue weighted by Gasteiger charge is 2.13. The second-order valence-electron chi connectivity index (χ2n) is 3.87. The van der Waals surface area contributed by atoms with Gasteiger partial charge in [0.2, 0.25) is 5.89 Å². The first-order chi connectivity index (χ1) is 8.69. The lowest BCUT2D eigenvalue weighted by atomic mass is 10.1. The number of hydrogen-bond acceptors (Lipinski definition) is 4. The van der Waals surface area contributed by atoms with Crippen molar-refractivity contribution in [1.82, 2.24) is 10.1 Å². The standard InChI is InChI=1S/C13H12FN3O/c1-2-4-11(15)13-16-12(17-18-13)8-9-5-3-6-10(14)7-9/h1,3,5-7,11H,4,8,15H2. The van der Waals surface area contributed by atoms with Gasteiger partial charge < -0.3 is 10.3 Å². The number of benzene rings is 1. The number of terminal acetylenes is 1. The van der Waals surface area contributed by atoms with Crippen molar-refractivity contribution in [3.05, 3.63) is 47.4 Å². The third-order valence-electron chi connectivity index (χ3n) is 2.39. The van der Waals surface area contributed by atoms with Gasteiger partial charge in [-0.05, 0) is 17.7 Å². The molecule has 0 aliphatic carbocycles. The van der Waals surface area contributed by atoms with Crippen LogP contribution < -0.4 is 5.73 Å². The maximum atomic E-state index is 13.0. The van der Waals surface area contributed by atoms with Crippen molar-refractivity contribution in [3.63, 3.8) is 0 Å². The van der Waals surface area contributed by atoms with Gasteiger partial charge in [0.15, 0.2) is 5.82 Å². The maximum absolute atomic E-state index is 13.0. The highest BCUT2D eigenvalue weighted by atomic mass is 19.1. The van der Waals surface area contributed by atoms with E-state index < -0.39 is 6.04 Å². The lowest BCUT2D eigenvalue weighted by Crippen LogP contribution is -2.09. The fourth-order valence-electron chi connectivity index (χ4n) is 1.53. The van der Waals surface area contributed by atoms with Crippen LogP contribution in [0, 0.1) is 18.2 Å².